The average Bonchev–Trinajstić information content (AvgIpc) is 3.01. The molecular weight excluding hydrogens is 252 g/mol. The second-order valence-corrected chi connectivity index (χ2v) is 6.52. The third-order valence-electron chi connectivity index (χ3n) is 5.16. The van der Waals surface area contributed by atoms with Gasteiger partial charge in [-0.05, 0) is 49.9 Å². The van der Waals surface area contributed by atoms with Gasteiger partial charge in [0.1, 0.15) is 0 Å². The van der Waals surface area contributed by atoms with Crippen LogP contribution in [0.2, 0.25) is 0 Å². The Morgan fingerprint density at radius 1 is 1.30 bits per heavy atom. The summed E-state index contributed by atoms with van der Waals surface area (Å²) in [4.78, 5) is 10.7. The second-order valence-electron chi connectivity index (χ2n) is 6.52. The SMILES string of the molecule is NC(Cc1ccccc1[N+](=O)[O-])CC1CC2CCC1C2. The van der Waals surface area contributed by atoms with E-state index in [0.717, 1.165) is 29.7 Å². The van der Waals surface area contributed by atoms with Crippen LogP contribution in [0, 0.1) is 27.9 Å². The summed E-state index contributed by atoms with van der Waals surface area (Å²) in [5.74, 6) is 2.56. The van der Waals surface area contributed by atoms with E-state index < -0.39 is 0 Å². The summed E-state index contributed by atoms with van der Waals surface area (Å²) in [6.45, 7) is 0. The first-order valence-electron chi connectivity index (χ1n) is 7.61. The van der Waals surface area contributed by atoms with Crippen LogP contribution in [-0.4, -0.2) is 11.0 Å². The van der Waals surface area contributed by atoms with Gasteiger partial charge in [-0.15, -0.1) is 0 Å². The maximum Gasteiger partial charge on any atom is 0.272 e. The average molecular weight is 274 g/mol. The van der Waals surface area contributed by atoms with Crippen LogP contribution < -0.4 is 5.73 Å². The van der Waals surface area contributed by atoms with Gasteiger partial charge in [0, 0.05) is 17.7 Å². The Labute approximate surface area is 119 Å². The molecule has 0 spiro atoms. The zero-order valence-electron chi connectivity index (χ0n) is 11.7. The van der Waals surface area contributed by atoms with Crippen LogP contribution in [-0.2, 0) is 6.42 Å². The van der Waals surface area contributed by atoms with Gasteiger partial charge in [0.15, 0.2) is 0 Å². The van der Waals surface area contributed by atoms with Crippen molar-refractivity contribution in [1.29, 1.82) is 0 Å². The van der Waals surface area contributed by atoms with Crippen LogP contribution in [0.15, 0.2) is 24.3 Å². The molecule has 2 fully saturated rings. The van der Waals surface area contributed by atoms with Crippen molar-refractivity contribution in [3.63, 3.8) is 0 Å². The number of nitro groups is 1. The summed E-state index contributed by atoms with van der Waals surface area (Å²) in [6, 6.07) is 7.01. The van der Waals surface area contributed by atoms with Gasteiger partial charge in [0.25, 0.3) is 5.69 Å². The fourth-order valence-electron chi connectivity index (χ4n) is 4.28. The topological polar surface area (TPSA) is 69.2 Å². The number of benzene rings is 1. The standard InChI is InChI=1S/C16H22N2O2/c17-15(10-14-8-11-5-6-12(14)7-11)9-13-3-1-2-4-16(13)18(19)20/h1-4,11-12,14-15H,5-10,17H2. The molecule has 0 saturated heterocycles. The lowest BCUT2D eigenvalue weighted by molar-refractivity contribution is -0.385. The second kappa shape index (κ2) is 5.52. The molecule has 1 aromatic rings. The van der Waals surface area contributed by atoms with E-state index in [1.54, 1.807) is 12.1 Å². The van der Waals surface area contributed by atoms with Crippen molar-refractivity contribution in [2.24, 2.45) is 23.5 Å². The van der Waals surface area contributed by atoms with E-state index in [-0.39, 0.29) is 16.7 Å². The smallest absolute Gasteiger partial charge is 0.272 e. The minimum Gasteiger partial charge on any atom is -0.327 e. The molecule has 2 aliphatic rings. The highest BCUT2D eigenvalue weighted by atomic mass is 16.6. The van der Waals surface area contributed by atoms with Crippen molar-refractivity contribution in [3.05, 3.63) is 39.9 Å². The Morgan fingerprint density at radius 2 is 2.10 bits per heavy atom. The number of nitrogens with zero attached hydrogens (tertiary/aromatic N) is 1. The molecule has 4 nitrogen and oxygen atoms in total. The maximum absolute atomic E-state index is 11.0. The third-order valence-corrected chi connectivity index (χ3v) is 5.16. The first-order valence-corrected chi connectivity index (χ1v) is 7.61. The summed E-state index contributed by atoms with van der Waals surface area (Å²) in [7, 11) is 0. The van der Waals surface area contributed by atoms with E-state index in [1.807, 2.05) is 12.1 Å². The fraction of sp³-hybridized carbons (Fsp3) is 0.625. The van der Waals surface area contributed by atoms with Gasteiger partial charge in [0.05, 0.1) is 4.92 Å². The Bertz CT molecular complexity index is 503. The first-order chi connectivity index (χ1) is 9.63. The molecule has 1 aromatic carbocycles. The molecule has 2 aliphatic carbocycles. The largest absolute Gasteiger partial charge is 0.327 e. The highest BCUT2D eigenvalue weighted by molar-refractivity contribution is 5.40. The highest BCUT2D eigenvalue weighted by Gasteiger charge is 2.39. The van der Waals surface area contributed by atoms with Gasteiger partial charge in [-0.2, -0.15) is 0 Å². The normalized spacial score (nSPS) is 29.6. The summed E-state index contributed by atoms with van der Waals surface area (Å²) in [5.41, 5.74) is 7.24. The fourth-order valence-corrected chi connectivity index (χ4v) is 4.28. The summed E-state index contributed by atoms with van der Waals surface area (Å²) in [6.07, 6.45) is 7.13. The van der Waals surface area contributed by atoms with Gasteiger partial charge in [0.2, 0.25) is 0 Å². The molecule has 4 unspecified atom stereocenters. The lowest BCUT2D eigenvalue weighted by Crippen LogP contribution is -2.28. The Balaban J connectivity index is 1.61. The van der Waals surface area contributed by atoms with Crippen LogP contribution in [0.5, 0.6) is 0 Å². The van der Waals surface area contributed by atoms with E-state index in [4.69, 9.17) is 5.73 Å². The number of hydrogen-bond donors (Lipinski definition) is 1. The number of nitro benzene ring substituents is 1. The Kier molecular flexibility index (Phi) is 3.74. The summed E-state index contributed by atoms with van der Waals surface area (Å²) >= 11 is 0. The van der Waals surface area contributed by atoms with E-state index in [2.05, 4.69) is 0 Å². The van der Waals surface area contributed by atoms with E-state index >= 15 is 0 Å². The van der Waals surface area contributed by atoms with Crippen molar-refractivity contribution in [1.82, 2.24) is 0 Å². The van der Waals surface area contributed by atoms with Gasteiger partial charge in [-0.25, -0.2) is 0 Å². The molecule has 0 heterocycles. The van der Waals surface area contributed by atoms with Crippen LogP contribution in [0.25, 0.3) is 0 Å². The molecule has 0 amide bonds. The van der Waals surface area contributed by atoms with Crippen molar-refractivity contribution >= 4 is 5.69 Å². The number of rotatable bonds is 5. The Hall–Kier alpha value is -1.42. The predicted molar refractivity (Wildman–Crippen MR) is 78.3 cm³/mol. The lowest BCUT2D eigenvalue weighted by Gasteiger charge is -2.24. The van der Waals surface area contributed by atoms with Crippen molar-refractivity contribution < 1.29 is 4.92 Å². The van der Waals surface area contributed by atoms with Crippen molar-refractivity contribution in [2.75, 3.05) is 0 Å². The van der Waals surface area contributed by atoms with Crippen LogP contribution in [0.4, 0.5) is 5.69 Å². The molecule has 20 heavy (non-hydrogen) atoms. The zero-order valence-corrected chi connectivity index (χ0v) is 11.7. The minimum absolute atomic E-state index is 0.0421. The molecule has 4 heteroatoms. The summed E-state index contributed by atoms with van der Waals surface area (Å²) < 4.78 is 0. The molecular formula is C16H22N2O2. The monoisotopic (exact) mass is 274 g/mol. The third kappa shape index (κ3) is 2.70. The Morgan fingerprint density at radius 3 is 2.75 bits per heavy atom. The molecule has 2 N–H and O–H groups in total. The first kappa shape index (κ1) is 13.6. The number of para-hydroxylation sites is 1. The highest BCUT2D eigenvalue weighted by Crippen LogP contribution is 2.49. The predicted octanol–water partition coefficient (Wildman–Crippen LogP) is 3.29. The molecule has 0 aromatic heterocycles. The minimum atomic E-state index is -0.306. The van der Waals surface area contributed by atoms with E-state index in [9.17, 15) is 10.1 Å². The molecule has 2 bridgehead atoms. The summed E-state index contributed by atoms with van der Waals surface area (Å²) in [5, 5.41) is 11.0. The number of fused-ring (bicyclic) bond motifs is 2. The zero-order chi connectivity index (χ0) is 14.1. The van der Waals surface area contributed by atoms with E-state index in [1.165, 1.54) is 25.7 Å². The molecule has 4 atom stereocenters. The van der Waals surface area contributed by atoms with Crippen LogP contribution >= 0.6 is 0 Å². The van der Waals surface area contributed by atoms with Crippen molar-refractivity contribution in [3.8, 4) is 0 Å². The number of nitrogens with two attached hydrogens (primary N) is 1. The van der Waals surface area contributed by atoms with Gasteiger partial charge in [-0.1, -0.05) is 24.6 Å². The van der Waals surface area contributed by atoms with E-state index in [0.29, 0.717) is 6.42 Å². The molecule has 2 saturated carbocycles. The molecule has 3 rings (SSSR count). The van der Waals surface area contributed by atoms with Crippen molar-refractivity contribution in [2.45, 2.75) is 44.6 Å². The quantitative estimate of drug-likeness (QED) is 0.661. The van der Waals surface area contributed by atoms with Gasteiger partial charge < -0.3 is 5.73 Å². The van der Waals surface area contributed by atoms with Gasteiger partial charge in [-0.3, -0.25) is 10.1 Å². The number of hydrogen-bond acceptors (Lipinski definition) is 3. The molecule has 0 aliphatic heterocycles. The van der Waals surface area contributed by atoms with Gasteiger partial charge >= 0.3 is 0 Å². The van der Waals surface area contributed by atoms with Crippen LogP contribution in [0.1, 0.15) is 37.7 Å². The maximum atomic E-state index is 11.0. The molecule has 0 radical (unpaired) electrons. The lowest BCUT2D eigenvalue weighted by atomic mass is 9.83. The van der Waals surface area contributed by atoms with Crippen LogP contribution in [0.3, 0.4) is 0 Å². The molecule has 108 valence electrons.